The molecule has 0 spiro atoms. The topological polar surface area (TPSA) is 67.9 Å². The Morgan fingerprint density at radius 1 is 1.39 bits per heavy atom. The van der Waals surface area contributed by atoms with Gasteiger partial charge < -0.3 is 19.7 Å². The first-order chi connectivity index (χ1) is 11.0. The van der Waals surface area contributed by atoms with E-state index in [4.69, 9.17) is 4.74 Å². The van der Waals surface area contributed by atoms with Crippen LogP contribution in [0.5, 0.6) is 0 Å². The summed E-state index contributed by atoms with van der Waals surface area (Å²) in [6.07, 6.45) is 0.865. The molecule has 2 rings (SSSR count). The van der Waals surface area contributed by atoms with E-state index in [0.29, 0.717) is 18.9 Å². The van der Waals surface area contributed by atoms with E-state index in [1.807, 2.05) is 25.1 Å². The van der Waals surface area contributed by atoms with Crippen molar-refractivity contribution in [2.75, 3.05) is 32.6 Å². The number of hydrogen-bond acceptors (Lipinski definition) is 5. The number of carbonyl (C=O) groups is 2. The monoisotopic (exact) mass is 320 g/mol. The van der Waals surface area contributed by atoms with Gasteiger partial charge in [-0.05, 0) is 30.5 Å². The second-order valence-electron chi connectivity index (χ2n) is 5.68. The van der Waals surface area contributed by atoms with Gasteiger partial charge >= 0.3 is 12.1 Å². The second kappa shape index (κ2) is 7.85. The number of esters is 1. The summed E-state index contributed by atoms with van der Waals surface area (Å²) in [4.78, 5) is 24.4. The van der Waals surface area contributed by atoms with Gasteiger partial charge in [0.2, 0.25) is 0 Å². The smallest absolute Gasteiger partial charge is 0.409 e. The summed E-state index contributed by atoms with van der Waals surface area (Å²) in [5.74, 6) is 0.133. The van der Waals surface area contributed by atoms with Crippen molar-refractivity contribution in [3.05, 3.63) is 29.3 Å². The third-order valence-electron chi connectivity index (χ3n) is 4.17. The molecular weight excluding hydrogens is 296 g/mol. The van der Waals surface area contributed by atoms with Crippen molar-refractivity contribution in [1.29, 1.82) is 0 Å². The lowest BCUT2D eigenvalue weighted by Crippen LogP contribution is -2.26. The molecule has 23 heavy (non-hydrogen) atoms. The lowest BCUT2D eigenvalue weighted by molar-refractivity contribution is -0.140. The van der Waals surface area contributed by atoms with Crippen LogP contribution in [-0.4, -0.2) is 44.2 Å². The van der Waals surface area contributed by atoms with Gasteiger partial charge in [0.05, 0.1) is 7.11 Å². The Kier molecular flexibility index (Phi) is 5.84. The van der Waals surface area contributed by atoms with Gasteiger partial charge in [0.15, 0.2) is 0 Å². The molecule has 0 saturated heterocycles. The zero-order chi connectivity index (χ0) is 16.8. The van der Waals surface area contributed by atoms with Crippen molar-refractivity contribution >= 4 is 17.7 Å². The molecule has 126 valence electrons. The summed E-state index contributed by atoms with van der Waals surface area (Å²) in [6, 6.07) is 6.02. The van der Waals surface area contributed by atoms with E-state index >= 15 is 0 Å². The van der Waals surface area contributed by atoms with Crippen molar-refractivity contribution in [3.8, 4) is 0 Å². The maximum atomic E-state index is 11.7. The fourth-order valence-corrected chi connectivity index (χ4v) is 2.58. The number of hydrogen-bond donors (Lipinski definition) is 1. The summed E-state index contributed by atoms with van der Waals surface area (Å²) in [7, 11) is 3.12. The molecule has 1 amide bonds. The minimum absolute atomic E-state index is 0.179. The number of benzene rings is 1. The van der Waals surface area contributed by atoms with Gasteiger partial charge in [0.1, 0.15) is 6.61 Å². The zero-order valence-electron chi connectivity index (χ0n) is 13.9. The number of anilines is 1. The van der Waals surface area contributed by atoms with Crippen molar-refractivity contribution in [3.63, 3.8) is 0 Å². The van der Waals surface area contributed by atoms with Crippen molar-refractivity contribution in [2.24, 2.45) is 0 Å². The summed E-state index contributed by atoms with van der Waals surface area (Å²) in [6.45, 7) is 3.58. The van der Waals surface area contributed by atoms with E-state index in [9.17, 15) is 9.59 Å². The van der Waals surface area contributed by atoms with Gasteiger partial charge in [-0.1, -0.05) is 12.1 Å². The van der Waals surface area contributed by atoms with Gasteiger partial charge in [0, 0.05) is 38.2 Å². The Bertz CT molecular complexity index is 574. The highest BCUT2D eigenvalue weighted by atomic mass is 16.6. The molecule has 1 aromatic rings. The summed E-state index contributed by atoms with van der Waals surface area (Å²) < 4.78 is 9.95. The van der Waals surface area contributed by atoms with Crippen LogP contribution in [0.2, 0.25) is 0 Å². The number of amides is 1. The van der Waals surface area contributed by atoms with E-state index in [0.717, 1.165) is 24.2 Å². The molecule has 0 saturated carbocycles. The third-order valence-corrected chi connectivity index (χ3v) is 4.17. The maximum absolute atomic E-state index is 11.7. The fourth-order valence-electron chi connectivity index (χ4n) is 2.58. The maximum Gasteiger partial charge on any atom is 0.409 e. The first-order valence-electron chi connectivity index (χ1n) is 7.86. The van der Waals surface area contributed by atoms with E-state index in [1.165, 1.54) is 17.6 Å². The summed E-state index contributed by atoms with van der Waals surface area (Å²) in [5.41, 5.74) is 3.20. The highest BCUT2D eigenvalue weighted by molar-refractivity contribution is 5.69. The van der Waals surface area contributed by atoms with Crippen LogP contribution >= 0.6 is 0 Å². The van der Waals surface area contributed by atoms with Crippen LogP contribution in [0, 0.1) is 0 Å². The van der Waals surface area contributed by atoms with Gasteiger partial charge in [-0.3, -0.25) is 4.79 Å². The first-order valence-corrected chi connectivity index (χ1v) is 7.86. The molecule has 0 bridgehead atoms. The Morgan fingerprint density at radius 2 is 2.17 bits per heavy atom. The minimum Gasteiger partial charge on any atom is -0.469 e. The largest absolute Gasteiger partial charge is 0.469 e. The molecule has 1 aliphatic rings. The van der Waals surface area contributed by atoms with Crippen LogP contribution in [0.3, 0.4) is 0 Å². The molecule has 0 aliphatic carbocycles. The molecule has 0 aromatic heterocycles. The van der Waals surface area contributed by atoms with Crippen LogP contribution in [0.1, 0.15) is 36.8 Å². The quantitative estimate of drug-likeness (QED) is 0.816. The van der Waals surface area contributed by atoms with Crippen molar-refractivity contribution < 1.29 is 19.1 Å². The first kappa shape index (κ1) is 17.1. The molecule has 0 radical (unpaired) electrons. The SMILES string of the molecule is CCN(C)C(=O)OCc1ccc2c(c1)NCC2CCC(=O)OC. The van der Waals surface area contributed by atoms with Crippen molar-refractivity contribution in [2.45, 2.75) is 32.3 Å². The molecule has 6 nitrogen and oxygen atoms in total. The van der Waals surface area contributed by atoms with E-state index in [-0.39, 0.29) is 18.7 Å². The van der Waals surface area contributed by atoms with E-state index in [2.05, 4.69) is 10.1 Å². The predicted octanol–water partition coefficient (Wildman–Crippen LogP) is 2.74. The highest BCUT2D eigenvalue weighted by Gasteiger charge is 2.23. The molecule has 1 aliphatic heterocycles. The number of nitrogens with zero attached hydrogens (tertiary/aromatic N) is 1. The lowest BCUT2D eigenvalue weighted by Gasteiger charge is -2.15. The number of ether oxygens (including phenoxy) is 2. The molecule has 6 heteroatoms. The normalized spacial score (nSPS) is 15.5. The Labute approximate surface area is 136 Å². The van der Waals surface area contributed by atoms with Crippen LogP contribution in [0.25, 0.3) is 0 Å². The van der Waals surface area contributed by atoms with Gasteiger partial charge in [-0.2, -0.15) is 0 Å². The summed E-state index contributed by atoms with van der Waals surface area (Å²) in [5, 5.41) is 3.35. The highest BCUT2D eigenvalue weighted by Crippen LogP contribution is 2.35. The molecular formula is C17H24N2O4. The molecule has 1 atom stereocenters. The molecule has 1 aromatic carbocycles. The minimum atomic E-state index is -0.322. The molecule has 1 heterocycles. The average Bonchev–Trinajstić information content (AvgIpc) is 2.98. The van der Waals surface area contributed by atoms with E-state index < -0.39 is 0 Å². The number of carbonyl (C=O) groups excluding carboxylic acids is 2. The number of nitrogens with one attached hydrogen (secondary N) is 1. The van der Waals surface area contributed by atoms with Gasteiger partial charge in [-0.25, -0.2) is 4.79 Å². The average molecular weight is 320 g/mol. The second-order valence-corrected chi connectivity index (χ2v) is 5.68. The van der Waals surface area contributed by atoms with Gasteiger partial charge in [-0.15, -0.1) is 0 Å². The molecule has 1 N–H and O–H groups in total. The standard InChI is InChI=1S/C17H24N2O4/c1-4-19(2)17(21)23-11-12-5-7-14-13(6-8-16(20)22-3)10-18-15(14)9-12/h5,7,9,13,18H,4,6,8,10-11H2,1-3H3. The number of methoxy groups -OCH3 is 1. The van der Waals surface area contributed by atoms with Crippen LogP contribution in [0.4, 0.5) is 10.5 Å². The van der Waals surface area contributed by atoms with Crippen LogP contribution in [0.15, 0.2) is 18.2 Å². The fraction of sp³-hybridized carbons (Fsp3) is 0.529. The zero-order valence-corrected chi connectivity index (χ0v) is 13.9. The molecule has 1 unspecified atom stereocenters. The number of rotatable bonds is 6. The van der Waals surface area contributed by atoms with Gasteiger partial charge in [0.25, 0.3) is 0 Å². The molecule has 0 fully saturated rings. The third kappa shape index (κ3) is 4.37. The summed E-state index contributed by atoms with van der Waals surface area (Å²) >= 11 is 0. The van der Waals surface area contributed by atoms with Crippen LogP contribution < -0.4 is 5.32 Å². The predicted molar refractivity (Wildman–Crippen MR) is 87.4 cm³/mol. The Balaban J connectivity index is 1.93. The van der Waals surface area contributed by atoms with Crippen molar-refractivity contribution in [1.82, 2.24) is 4.90 Å². The Hall–Kier alpha value is -2.24. The number of fused-ring (bicyclic) bond motifs is 1. The lowest BCUT2D eigenvalue weighted by atomic mass is 9.95. The van der Waals surface area contributed by atoms with E-state index in [1.54, 1.807) is 7.05 Å². The Morgan fingerprint density at radius 3 is 2.87 bits per heavy atom. The van der Waals surface area contributed by atoms with Crippen LogP contribution in [-0.2, 0) is 20.9 Å².